The zero-order chi connectivity index (χ0) is 13.6. The first-order valence-corrected chi connectivity index (χ1v) is 4.87. The third-order valence-corrected chi connectivity index (χ3v) is 2.48. The molecule has 6 heteroatoms. The van der Waals surface area contributed by atoms with E-state index >= 15 is 0 Å². The molecule has 96 valence electrons. The molecule has 2 rings (SSSR count). The lowest BCUT2D eigenvalue weighted by atomic mass is 9.82. The van der Waals surface area contributed by atoms with Crippen molar-refractivity contribution < 1.29 is 26.3 Å². The smallest absolute Gasteiger partial charge is 0.201 e. The molecular formula is C12H6F6. The predicted molar refractivity (Wildman–Crippen MR) is 53.6 cm³/mol. The molecule has 0 fully saturated rings. The van der Waals surface area contributed by atoms with Gasteiger partial charge < -0.3 is 0 Å². The summed E-state index contributed by atoms with van der Waals surface area (Å²) in [4.78, 5) is 0. The van der Waals surface area contributed by atoms with Gasteiger partial charge in [0.2, 0.25) is 5.83 Å². The van der Waals surface area contributed by atoms with Crippen LogP contribution in [0.1, 0.15) is 5.56 Å². The maximum absolute atomic E-state index is 13.0. The quantitative estimate of drug-likeness (QED) is 0.655. The maximum Gasteiger partial charge on any atom is 0.443 e. The highest BCUT2D eigenvalue weighted by Crippen LogP contribution is 2.51. The van der Waals surface area contributed by atoms with Gasteiger partial charge in [0.1, 0.15) is 0 Å². The molecule has 0 unspecified atom stereocenters. The summed E-state index contributed by atoms with van der Waals surface area (Å²) in [5.74, 6) is -6.63. The second-order valence-corrected chi connectivity index (χ2v) is 3.73. The van der Waals surface area contributed by atoms with Crippen LogP contribution in [0.4, 0.5) is 26.3 Å². The molecule has 0 radical (unpaired) electrons. The van der Waals surface area contributed by atoms with Crippen molar-refractivity contribution in [2.75, 3.05) is 0 Å². The summed E-state index contributed by atoms with van der Waals surface area (Å²) in [5.41, 5.74) is -1.89. The first kappa shape index (κ1) is 12.7. The molecule has 0 atom stereocenters. The molecule has 0 N–H and O–H groups in total. The molecule has 1 aromatic carbocycles. The predicted octanol–water partition coefficient (Wildman–Crippen LogP) is 4.50. The van der Waals surface area contributed by atoms with E-state index in [1.807, 2.05) is 0 Å². The number of rotatable bonds is 1. The van der Waals surface area contributed by atoms with Gasteiger partial charge in [0.25, 0.3) is 5.92 Å². The van der Waals surface area contributed by atoms with Crippen molar-refractivity contribution in [3.05, 3.63) is 53.4 Å². The normalized spacial score (nSPS) is 21.1. The highest BCUT2D eigenvalue weighted by Gasteiger charge is 2.52. The van der Waals surface area contributed by atoms with Crippen LogP contribution in [-0.2, 0) is 0 Å². The second kappa shape index (κ2) is 3.90. The summed E-state index contributed by atoms with van der Waals surface area (Å²) in [5, 5.41) is 0. The van der Waals surface area contributed by atoms with Crippen LogP contribution >= 0.6 is 0 Å². The average Bonchev–Trinajstić information content (AvgIpc) is 2.26. The minimum absolute atomic E-state index is 0.123. The largest absolute Gasteiger partial charge is 0.443 e. The Morgan fingerprint density at radius 1 is 1.00 bits per heavy atom. The molecule has 0 aliphatic heterocycles. The molecular weight excluding hydrogens is 258 g/mol. The van der Waals surface area contributed by atoms with E-state index in [1.165, 1.54) is 24.3 Å². The van der Waals surface area contributed by atoms with Crippen LogP contribution in [0, 0.1) is 0 Å². The van der Waals surface area contributed by atoms with E-state index in [0.717, 1.165) is 0 Å². The minimum atomic E-state index is -5.41. The molecule has 0 saturated heterocycles. The van der Waals surface area contributed by atoms with E-state index in [4.69, 9.17) is 0 Å². The van der Waals surface area contributed by atoms with E-state index in [0.29, 0.717) is 6.08 Å². The molecule has 18 heavy (non-hydrogen) atoms. The Morgan fingerprint density at radius 3 is 2.00 bits per heavy atom. The highest BCUT2D eigenvalue weighted by molar-refractivity contribution is 5.89. The van der Waals surface area contributed by atoms with Crippen LogP contribution in [0.15, 0.2) is 47.8 Å². The Bertz CT molecular complexity index is 521. The number of hydrogen-bond donors (Lipinski definition) is 0. The van der Waals surface area contributed by atoms with Crippen LogP contribution in [0.25, 0.3) is 5.57 Å². The molecule has 0 heterocycles. The molecule has 0 aromatic heterocycles. The molecule has 0 saturated carbocycles. The van der Waals surface area contributed by atoms with E-state index in [9.17, 15) is 26.3 Å². The third-order valence-electron chi connectivity index (χ3n) is 2.48. The molecule has 1 aliphatic carbocycles. The number of halogens is 6. The summed E-state index contributed by atoms with van der Waals surface area (Å²) < 4.78 is 75.6. The molecule has 0 spiro atoms. The van der Waals surface area contributed by atoms with Crippen molar-refractivity contribution in [1.82, 2.24) is 0 Å². The van der Waals surface area contributed by atoms with Gasteiger partial charge in [-0.2, -0.15) is 22.0 Å². The van der Waals surface area contributed by atoms with Crippen LogP contribution in [0.5, 0.6) is 0 Å². The molecule has 0 nitrogen and oxygen atoms in total. The van der Waals surface area contributed by atoms with Gasteiger partial charge in [0.05, 0.1) is 5.57 Å². The maximum atomic E-state index is 13.0. The fourth-order valence-electron chi connectivity index (χ4n) is 1.68. The van der Waals surface area contributed by atoms with Crippen molar-refractivity contribution in [2.24, 2.45) is 0 Å². The van der Waals surface area contributed by atoms with E-state index < -0.39 is 29.1 Å². The minimum Gasteiger partial charge on any atom is -0.201 e. The van der Waals surface area contributed by atoms with Crippen molar-refractivity contribution in [2.45, 2.75) is 12.1 Å². The summed E-state index contributed by atoms with van der Waals surface area (Å²) in [6.45, 7) is 0. The Kier molecular flexibility index (Phi) is 2.76. The van der Waals surface area contributed by atoms with Gasteiger partial charge in [-0.3, -0.25) is 0 Å². The van der Waals surface area contributed by atoms with Gasteiger partial charge in [-0.25, -0.2) is 4.39 Å². The number of hydrogen-bond acceptors (Lipinski definition) is 0. The first-order chi connectivity index (χ1) is 8.23. The number of allylic oxidation sites excluding steroid dienone is 4. The van der Waals surface area contributed by atoms with Gasteiger partial charge in [0.15, 0.2) is 0 Å². The summed E-state index contributed by atoms with van der Waals surface area (Å²) in [6.07, 6.45) is -5.09. The summed E-state index contributed by atoms with van der Waals surface area (Å²) >= 11 is 0. The van der Waals surface area contributed by atoms with E-state index in [-0.39, 0.29) is 5.56 Å². The van der Waals surface area contributed by atoms with Gasteiger partial charge >= 0.3 is 6.18 Å². The van der Waals surface area contributed by atoms with Crippen LogP contribution in [-0.4, -0.2) is 12.1 Å². The van der Waals surface area contributed by atoms with Gasteiger partial charge in [-0.1, -0.05) is 30.3 Å². The lowest BCUT2D eigenvalue weighted by molar-refractivity contribution is -0.112. The fraction of sp³-hybridized carbons (Fsp3) is 0.167. The third kappa shape index (κ3) is 2.02. The Labute approximate surface area is 98.2 Å². The zero-order valence-electron chi connectivity index (χ0n) is 8.73. The van der Waals surface area contributed by atoms with Crippen molar-refractivity contribution in [1.29, 1.82) is 0 Å². The van der Waals surface area contributed by atoms with Crippen molar-refractivity contribution >= 4 is 5.57 Å². The van der Waals surface area contributed by atoms with Gasteiger partial charge in [-0.15, -0.1) is 0 Å². The lowest BCUT2D eigenvalue weighted by Gasteiger charge is -2.30. The van der Waals surface area contributed by atoms with Crippen LogP contribution < -0.4 is 0 Å². The highest BCUT2D eigenvalue weighted by atomic mass is 19.4. The Morgan fingerprint density at radius 2 is 1.56 bits per heavy atom. The van der Waals surface area contributed by atoms with Gasteiger partial charge in [0, 0.05) is 0 Å². The second-order valence-electron chi connectivity index (χ2n) is 3.73. The Balaban J connectivity index is 2.53. The van der Waals surface area contributed by atoms with Crippen LogP contribution in [0.3, 0.4) is 0 Å². The molecule has 1 aromatic rings. The molecule has 1 aliphatic rings. The number of alkyl halides is 5. The van der Waals surface area contributed by atoms with Crippen molar-refractivity contribution in [3.8, 4) is 0 Å². The topological polar surface area (TPSA) is 0 Å². The molecule has 0 bridgehead atoms. The summed E-state index contributed by atoms with van der Waals surface area (Å²) in [7, 11) is 0. The SMILES string of the molecule is FC(=C1C(c2ccccc2)=CC1(F)F)C(F)(F)F. The average molecular weight is 264 g/mol. The molecule has 0 amide bonds. The van der Waals surface area contributed by atoms with Crippen molar-refractivity contribution in [3.63, 3.8) is 0 Å². The Hall–Kier alpha value is -1.72. The zero-order valence-corrected chi connectivity index (χ0v) is 8.73. The van der Waals surface area contributed by atoms with Gasteiger partial charge in [-0.05, 0) is 17.2 Å². The fourth-order valence-corrected chi connectivity index (χ4v) is 1.68. The lowest BCUT2D eigenvalue weighted by Crippen LogP contribution is -2.31. The monoisotopic (exact) mass is 264 g/mol. The first-order valence-electron chi connectivity index (χ1n) is 4.87. The van der Waals surface area contributed by atoms with Crippen LogP contribution in [0.2, 0.25) is 0 Å². The standard InChI is InChI=1S/C12H6F6/c13-10(12(16,17)18)9-8(6-11(9,14)15)7-4-2-1-3-5-7/h1-6H. The number of benzene rings is 1. The van der Waals surface area contributed by atoms with E-state index in [1.54, 1.807) is 6.07 Å². The van der Waals surface area contributed by atoms with E-state index in [2.05, 4.69) is 0 Å². The summed E-state index contributed by atoms with van der Waals surface area (Å²) in [6, 6.07) is 7.19.